The first-order chi connectivity index (χ1) is 15.3. The average molecular weight is 444 g/mol. The highest BCUT2D eigenvalue weighted by atomic mass is 19.4. The number of aryl methyl sites for hydroxylation is 1. The molecule has 1 aliphatic heterocycles. The fraction of sp³-hybridized carbons (Fsp3) is 0.227. The number of benzene rings is 1. The van der Waals surface area contributed by atoms with Crippen LogP contribution in [-0.2, 0) is 12.6 Å². The second-order valence-electron chi connectivity index (χ2n) is 7.12. The summed E-state index contributed by atoms with van der Waals surface area (Å²) in [5.41, 5.74) is 0.718. The summed E-state index contributed by atoms with van der Waals surface area (Å²) in [4.78, 5) is 22.3. The number of hydrogen-bond acceptors (Lipinski definition) is 5. The van der Waals surface area contributed by atoms with Crippen molar-refractivity contribution in [1.29, 1.82) is 0 Å². The minimum atomic E-state index is -4.61. The monoisotopic (exact) mass is 444 g/mol. The van der Waals surface area contributed by atoms with Crippen LogP contribution in [0.25, 0.3) is 0 Å². The molecular weight excluding hydrogens is 425 g/mol. The third-order valence-electron chi connectivity index (χ3n) is 5.01. The molecular formula is C22H19F3N4O3. The number of nitrogens with zero attached hydrogens (tertiary/aromatic N) is 3. The number of alkyl halides is 3. The molecule has 0 saturated carbocycles. The Hall–Kier alpha value is -3.82. The topological polar surface area (TPSA) is 76.6 Å². The number of hydrogen-bond donors (Lipinski definition) is 1. The van der Waals surface area contributed by atoms with Gasteiger partial charge in [0.05, 0.1) is 18.9 Å². The number of carbonyl (C=O) groups excluding carboxylic acids is 1. The van der Waals surface area contributed by atoms with Crippen LogP contribution in [0.3, 0.4) is 0 Å². The van der Waals surface area contributed by atoms with Crippen LogP contribution >= 0.6 is 0 Å². The molecule has 3 aromatic rings. The predicted octanol–water partition coefficient (Wildman–Crippen LogP) is 5.20. The largest absolute Gasteiger partial charge is 0.496 e. The first-order valence-electron chi connectivity index (χ1n) is 9.68. The van der Waals surface area contributed by atoms with Gasteiger partial charge in [0.1, 0.15) is 11.6 Å². The van der Waals surface area contributed by atoms with E-state index in [0.717, 1.165) is 11.6 Å². The van der Waals surface area contributed by atoms with Gasteiger partial charge in [0.2, 0.25) is 5.88 Å². The molecule has 2 aromatic heterocycles. The van der Waals surface area contributed by atoms with Crippen LogP contribution in [-0.4, -0.2) is 29.7 Å². The summed E-state index contributed by atoms with van der Waals surface area (Å²) in [6.07, 6.45) is -1.01. The predicted molar refractivity (Wildman–Crippen MR) is 111 cm³/mol. The lowest BCUT2D eigenvalue weighted by Crippen LogP contribution is -2.33. The summed E-state index contributed by atoms with van der Waals surface area (Å²) < 4.78 is 50.8. The molecule has 0 radical (unpaired) electrons. The number of amides is 2. The van der Waals surface area contributed by atoms with E-state index in [1.165, 1.54) is 18.1 Å². The smallest absolute Gasteiger partial charge is 0.420 e. The molecule has 0 saturated heterocycles. The molecule has 0 aliphatic carbocycles. The normalized spacial score (nSPS) is 13.0. The average Bonchev–Trinajstić information content (AvgIpc) is 3.17. The Bertz CT molecular complexity index is 1170. The minimum Gasteiger partial charge on any atom is -0.496 e. The van der Waals surface area contributed by atoms with Crippen LogP contribution in [0.5, 0.6) is 17.4 Å². The molecule has 0 bridgehead atoms. The number of anilines is 2. The number of nitrogens with one attached hydrogen (secondary N) is 1. The molecule has 4 rings (SSSR count). The molecule has 10 heteroatoms. The lowest BCUT2D eigenvalue weighted by Gasteiger charge is -2.20. The van der Waals surface area contributed by atoms with Crippen molar-refractivity contribution in [1.82, 2.24) is 9.97 Å². The van der Waals surface area contributed by atoms with E-state index in [1.54, 1.807) is 36.7 Å². The van der Waals surface area contributed by atoms with E-state index in [4.69, 9.17) is 9.47 Å². The quantitative estimate of drug-likeness (QED) is 0.599. The zero-order valence-corrected chi connectivity index (χ0v) is 17.2. The van der Waals surface area contributed by atoms with E-state index in [2.05, 4.69) is 15.3 Å². The summed E-state index contributed by atoms with van der Waals surface area (Å²) in [5.74, 6) is 0.693. The van der Waals surface area contributed by atoms with Crippen molar-refractivity contribution in [3.63, 3.8) is 0 Å². The molecule has 0 atom stereocenters. The van der Waals surface area contributed by atoms with Crippen LogP contribution in [0.4, 0.5) is 29.5 Å². The van der Waals surface area contributed by atoms with E-state index in [-0.39, 0.29) is 29.7 Å². The molecule has 7 nitrogen and oxygen atoms in total. The number of fused-ring (bicyclic) bond motifs is 1. The third-order valence-corrected chi connectivity index (χ3v) is 5.01. The van der Waals surface area contributed by atoms with Crippen LogP contribution in [0.1, 0.15) is 16.7 Å². The zero-order chi connectivity index (χ0) is 22.9. The maximum absolute atomic E-state index is 13.4. The van der Waals surface area contributed by atoms with Crippen molar-refractivity contribution in [3.05, 3.63) is 65.5 Å². The van der Waals surface area contributed by atoms with Crippen LogP contribution in [0, 0.1) is 6.92 Å². The molecule has 2 amide bonds. The fourth-order valence-corrected chi connectivity index (χ4v) is 3.40. The van der Waals surface area contributed by atoms with Crippen LogP contribution in [0.15, 0.2) is 48.8 Å². The highest BCUT2D eigenvalue weighted by Gasteiger charge is 2.37. The summed E-state index contributed by atoms with van der Waals surface area (Å²) in [6, 6.07) is 8.30. The first-order valence-corrected chi connectivity index (χ1v) is 9.68. The molecule has 166 valence electrons. The van der Waals surface area contributed by atoms with Gasteiger partial charge < -0.3 is 9.47 Å². The third kappa shape index (κ3) is 4.29. The summed E-state index contributed by atoms with van der Waals surface area (Å²) in [7, 11) is 1.18. The number of aromatic nitrogens is 2. The second-order valence-corrected chi connectivity index (χ2v) is 7.12. The summed E-state index contributed by atoms with van der Waals surface area (Å²) >= 11 is 0. The van der Waals surface area contributed by atoms with Crippen molar-refractivity contribution in [2.75, 3.05) is 23.9 Å². The number of rotatable bonds is 4. The van der Waals surface area contributed by atoms with Gasteiger partial charge in [0.15, 0.2) is 5.75 Å². The van der Waals surface area contributed by atoms with Crippen molar-refractivity contribution in [3.8, 4) is 17.4 Å². The molecule has 3 heterocycles. The second kappa shape index (κ2) is 8.37. The Morgan fingerprint density at radius 1 is 1.19 bits per heavy atom. The Labute approximate surface area is 181 Å². The molecule has 1 N–H and O–H groups in total. The molecule has 0 unspecified atom stereocenters. The number of ether oxygens (including phenoxy) is 2. The SMILES string of the molecule is COc1cc2c(cc1C(F)(F)F)N(C(=O)Nc1cccc(Oc3cnccc3C)n1)CC2. The molecule has 32 heavy (non-hydrogen) atoms. The highest BCUT2D eigenvalue weighted by molar-refractivity contribution is 6.02. The summed E-state index contributed by atoms with van der Waals surface area (Å²) in [5, 5.41) is 2.62. The lowest BCUT2D eigenvalue weighted by molar-refractivity contribution is -0.138. The number of methoxy groups -OCH3 is 1. The van der Waals surface area contributed by atoms with E-state index >= 15 is 0 Å². The molecule has 0 fully saturated rings. The number of urea groups is 1. The maximum atomic E-state index is 13.4. The van der Waals surface area contributed by atoms with E-state index in [0.29, 0.717) is 17.7 Å². The van der Waals surface area contributed by atoms with Gasteiger partial charge in [-0.15, -0.1) is 0 Å². The number of pyridine rings is 2. The number of carbonyl (C=O) groups is 1. The Balaban J connectivity index is 1.55. The van der Waals surface area contributed by atoms with Crippen molar-refractivity contribution in [2.45, 2.75) is 19.5 Å². The van der Waals surface area contributed by atoms with Gasteiger partial charge in [-0.2, -0.15) is 18.2 Å². The van der Waals surface area contributed by atoms with E-state index in [9.17, 15) is 18.0 Å². The maximum Gasteiger partial charge on any atom is 0.420 e. The van der Waals surface area contributed by atoms with Gasteiger partial charge in [0.25, 0.3) is 0 Å². The van der Waals surface area contributed by atoms with Crippen molar-refractivity contribution in [2.24, 2.45) is 0 Å². The number of halogens is 3. The Kier molecular flexibility index (Phi) is 5.60. The van der Waals surface area contributed by atoms with E-state index < -0.39 is 17.8 Å². The van der Waals surface area contributed by atoms with Gasteiger partial charge >= 0.3 is 12.2 Å². The summed E-state index contributed by atoms with van der Waals surface area (Å²) in [6.45, 7) is 2.09. The first kappa shape index (κ1) is 21.4. The van der Waals surface area contributed by atoms with Gasteiger partial charge in [-0.3, -0.25) is 15.2 Å². The zero-order valence-electron chi connectivity index (χ0n) is 17.2. The van der Waals surface area contributed by atoms with Gasteiger partial charge in [-0.1, -0.05) is 6.07 Å². The lowest BCUT2D eigenvalue weighted by atomic mass is 10.1. The van der Waals surface area contributed by atoms with E-state index in [1.807, 2.05) is 6.92 Å². The van der Waals surface area contributed by atoms with Crippen LogP contribution in [0.2, 0.25) is 0 Å². The van der Waals surface area contributed by atoms with Crippen molar-refractivity contribution >= 4 is 17.5 Å². The molecule has 0 spiro atoms. The highest BCUT2D eigenvalue weighted by Crippen LogP contribution is 2.42. The fourth-order valence-electron chi connectivity index (χ4n) is 3.40. The van der Waals surface area contributed by atoms with Gasteiger partial charge in [-0.25, -0.2) is 4.79 Å². The Morgan fingerprint density at radius 3 is 2.72 bits per heavy atom. The standard InChI is InChI=1S/C22H19F3N4O3/c1-13-6-8-26-12-18(13)32-20-5-3-4-19(27-20)28-21(30)29-9-7-14-10-17(31-2)15(11-16(14)29)22(23,24)25/h3-6,8,10-12H,7,9H2,1-2H3,(H,27,28,30). The van der Waals surface area contributed by atoms with Crippen molar-refractivity contribution < 1.29 is 27.4 Å². The minimum absolute atomic E-state index is 0.189. The van der Waals surface area contributed by atoms with Crippen LogP contribution < -0.4 is 19.7 Å². The molecule has 1 aromatic carbocycles. The van der Waals surface area contributed by atoms with Gasteiger partial charge in [-0.05, 0) is 48.7 Å². The molecule has 1 aliphatic rings. The Morgan fingerprint density at radius 2 is 2.00 bits per heavy atom. The van der Waals surface area contributed by atoms with Gasteiger partial charge in [0, 0.05) is 24.5 Å².